The summed E-state index contributed by atoms with van der Waals surface area (Å²) >= 11 is 5.93. The number of carbonyl (C=O) groups is 1. The molecule has 3 aliphatic rings. The van der Waals surface area contributed by atoms with Gasteiger partial charge in [0.1, 0.15) is 6.07 Å². The molecule has 2 aliphatic carbocycles. The number of hydrazone groups is 1. The third-order valence-corrected chi connectivity index (χ3v) is 7.22. The van der Waals surface area contributed by atoms with Crippen LogP contribution in [0, 0.1) is 23.2 Å². The molecule has 2 atom stereocenters. The summed E-state index contributed by atoms with van der Waals surface area (Å²) in [6.07, 6.45) is 11.7. The number of hydrogen-bond donors (Lipinski definition) is 1. The highest BCUT2D eigenvalue weighted by atomic mass is 35.5. The van der Waals surface area contributed by atoms with Gasteiger partial charge in [-0.15, -0.1) is 0 Å². The molecule has 0 saturated heterocycles. The van der Waals surface area contributed by atoms with Crippen LogP contribution in [0.5, 0.6) is 0 Å². The van der Waals surface area contributed by atoms with Gasteiger partial charge in [0.15, 0.2) is 0 Å². The highest BCUT2D eigenvalue weighted by Gasteiger charge is 2.45. The lowest BCUT2D eigenvalue weighted by molar-refractivity contribution is 0.0696. The summed E-state index contributed by atoms with van der Waals surface area (Å²) in [6, 6.07) is 7.77. The van der Waals surface area contributed by atoms with Crippen LogP contribution >= 0.6 is 11.6 Å². The van der Waals surface area contributed by atoms with Gasteiger partial charge in [-0.05, 0) is 68.4 Å². The molecule has 0 spiro atoms. The average molecular weight is 450 g/mol. The van der Waals surface area contributed by atoms with Gasteiger partial charge in [0.25, 0.3) is 0 Å². The van der Waals surface area contributed by atoms with Gasteiger partial charge in [-0.3, -0.25) is 5.01 Å². The summed E-state index contributed by atoms with van der Waals surface area (Å²) in [4.78, 5) is 11.4. The van der Waals surface area contributed by atoms with Crippen LogP contribution in [0.15, 0.2) is 58.3 Å². The smallest absolute Gasteiger partial charge is 0.335 e. The van der Waals surface area contributed by atoms with Gasteiger partial charge < -0.3 is 5.11 Å². The quantitative estimate of drug-likeness (QED) is 0.440. The van der Waals surface area contributed by atoms with E-state index in [0.717, 1.165) is 35.4 Å². The van der Waals surface area contributed by atoms with E-state index in [0.29, 0.717) is 23.0 Å². The summed E-state index contributed by atoms with van der Waals surface area (Å²) in [6.45, 7) is 5.68. The molecule has 4 rings (SSSR count). The topological polar surface area (TPSA) is 76.7 Å². The SMILES string of the molecule is C=C(Cl)/C(C#N)=C\C=C(/C)N1N=C2c3ccc(C(=O)O)cc3CC[C@@H]2C1C1CCCCC1. The van der Waals surface area contributed by atoms with Crippen molar-refractivity contribution < 1.29 is 9.90 Å². The van der Waals surface area contributed by atoms with Crippen LogP contribution < -0.4 is 0 Å². The van der Waals surface area contributed by atoms with Crippen molar-refractivity contribution in [3.8, 4) is 6.07 Å². The number of aromatic carboxylic acids is 1. The Labute approximate surface area is 194 Å². The van der Waals surface area contributed by atoms with Crippen molar-refractivity contribution in [2.24, 2.45) is 16.9 Å². The van der Waals surface area contributed by atoms with Crippen molar-refractivity contribution in [3.63, 3.8) is 0 Å². The van der Waals surface area contributed by atoms with Crippen molar-refractivity contribution in [2.45, 2.75) is 57.9 Å². The van der Waals surface area contributed by atoms with E-state index in [4.69, 9.17) is 16.7 Å². The van der Waals surface area contributed by atoms with E-state index >= 15 is 0 Å². The van der Waals surface area contributed by atoms with E-state index in [1.165, 1.54) is 32.1 Å². The minimum Gasteiger partial charge on any atom is -0.478 e. The van der Waals surface area contributed by atoms with Crippen LogP contribution in [0.1, 0.15) is 66.9 Å². The predicted octanol–water partition coefficient (Wildman–Crippen LogP) is 6.02. The number of benzene rings is 1. The maximum absolute atomic E-state index is 11.4. The zero-order valence-electron chi connectivity index (χ0n) is 18.4. The molecule has 1 unspecified atom stereocenters. The van der Waals surface area contributed by atoms with E-state index < -0.39 is 5.97 Å². The Morgan fingerprint density at radius 3 is 2.69 bits per heavy atom. The van der Waals surface area contributed by atoms with E-state index in [2.05, 4.69) is 17.7 Å². The van der Waals surface area contributed by atoms with Crippen molar-refractivity contribution in [2.75, 3.05) is 0 Å². The Bertz CT molecular complexity index is 1070. The van der Waals surface area contributed by atoms with Crippen LogP contribution in [0.25, 0.3) is 0 Å². The number of rotatable bonds is 5. The number of fused-ring (bicyclic) bond motifs is 3. The molecule has 32 heavy (non-hydrogen) atoms. The van der Waals surface area contributed by atoms with Gasteiger partial charge in [0.05, 0.1) is 27.9 Å². The van der Waals surface area contributed by atoms with Crippen LogP contribution in [-0.2, 0) is 6.42 Å². The van der Waals surface area contributed by atoms with Crippen molar-refractivity contribution in [1.29, 1.82) is 5.26 Å². The molecule has 1 N–H and O–H groups in total. The average Bonchev–Trinajstić information content (AvgIpc) is 3.19. The number of carboxylic acid groups (broad SMARTS) is 1. The fraction of sp³-hybridized carbons (Fsp3) is 0.423. The second-order valence-electron chi connectivity index (χ2n) is 8.95. The predicted molar refractivity (Wildman–Crippen MR) is 126 cm³/mol. The van der Waals surface area contributed by atoms with Crippen molar-refractivity contribution in [1.82, 2.24) is 5.01 Å². The first-order valence-corrected chi connectivity index (χ1v) is 11.7. The van der Waals surface area contributed by atoms with Gasteiger partial charge >= 0.3 is 5.97 Å². The van der Waals surface area contributed by atoms with E-state index in [1.54, 1.807) is 18.2 Å². The van der Waals surface area contributed by atoms with Crippen molar-refractivity contribution in [3.05, 3.63) is 69.9 Å². The summed E-state index contributed by atoms with van der Waals surface area (Å²) < 4.78 is 0. The molecular weight excluding hydrogens is 422 g/mol. The van der Waals surface area contributed by atoms with Gasteiger partial charge in [0, 0.05) is 17.2 Å². The van der Waals surface area contributed by atoms with E-state index in [9.17, 15) is 15.2 Å². The largest absolute Gasteiger partial charge is 0.478 e. The molecule has 6 heteroatoms. The van der Waals surface area contributed by atoms with Gasteiger partial charge in [0.2, 0.25) is 0 Å². The highest BCUT2D eigenvalue weighted by Crippen LogP contribution is 2.43. The molecule has 0 aromatic heterocycles. The first kappa shape index (κ1) is 22.4. The van der Waals surface area contributed by atoms with E-state index in [1.807, 2.05) is 19.1 Å². The van der Waals surface area contributed by atoms with Gasteiger partial charge in [-0.25, -0.2) is 4.79 Å². The summed E-state index contributed by atoms with van der Waals surface area (Å²) in [5.41, 5.74) is 4.85. The molecule has 0 amide bonds. The molecule has 0 radical (unpaired) electrons. The Hall–Kier alpha value is -2.84. The maximum Gasteiger partial charge on any atom is 0.335 e. The number of nitriles is 1. The standard InChI is InChI=1S/C26H28ClN3O2/c1-16(8-9-21(15-28)17(2)27)30-25(18-6-4-3-5-7-18)23-13-10-19-14-20(26(31)32)11-12-22(19)24(23)29-30/h8-9,11-12,14,18,23,25H,2-7,10,13H2,1H3,(H,31,32)/b16-8+,21-9-/t23-,25?/m0/s1. The van der Waals surface area contributed by atoms with Crippen molar-refractivity contribution >= 4 is 23.3 Å². The Balaban J connectivity index is 1.73. The van der Waals surface area contributed by atoms with E-state index in [-0.39, 0.29) is 11.1 Å². The second kappa shape index (κ2) is 9.34. The van der Waals surface area contributed by atoms with Crippen LogP contribution in [-0.4, -0.2) is 27.8 Å². The number of hydrogen-bond acceptors (Lipinski definition) is 4. The number of carboxylic acids is 1. The van der Waals surface area contributed by atoms with Crippen LogP contribution in [0.3, 0.4) is 0 Å². The second-order valence-corrected chi connectivity index (χ2v) is 9.40. The summed E-state index contributed by atoms with van der Waals surface area (Å²) in [5.74, 6) is -0.00243. The van der Waals surface area contributed by atoms with Crippen LogP contribution in [0.2, 0.25) is 0 Å². The third-order valence-electron chi connectivity index (χ3n) is 7.01. The Morgan fingerprint density at radius 1 is 1.28 bits per heavy atom. The molecule has 1 saturated carbocycles. The molecule has 1 fully saturated rings. The number of nitrogens with zero attached hydrogens (tertiary/aromatic N) is 3. The van der Waals surface area contributed by atoms with Crippen LogP contribution in [0.4, 0.5) is 0 Å². The molecule has 1 aromatic carbocycles. The number of allylic oxidation sites excluding steroid dienone is 5. The highest BCUT2D eigenvalue weighted by molar-refractivity contribution is 6.32. The molecular formula is C26H28ClN3O2. The minimum absolute atomic E-state index is 0.227. The molecule has 1 aliphatic heterocycles. The summed E-state index contributed by atoms with van der Waals surface area (Å²) in [7, 11) is 0. The van der Waals surface area contributed by atoms with Gasteiger partial charge in [-0.2, -0.15) is 10.4 Å². The summed E-state index contributed by atoms with van der Waals surface area (Å²) in [5, 5.41) is 26.1. The lowest BCUT2D eigenvalue weighted by Crippen LogP contribution is -2.41. The zero-order chi connectivity index (χ0) is 22.8. The third kappa shape index (κ3) is 4.25. The lowest BCUT2D eigenvalue weighted by Gasteiger charge is -2.38. The molecule has 5 nitrogen and oxygen atoms in total. The molecule has 1 heterocycles. The number of halogens is 1. The monoisotopic (exact) mass is 449 g/mol. The molecule has 166 valence electrons. The fourth-order valence-corrected chi connectivity index (χ4v) is 5.54. The minimum atomic E-state index is -0.898. The van der Waals surface area contributed by atoms with Gasteiger partial charge in [-0.1, -0.05) is 43.5 Å². The first-order chi connectivity index (χ1) is 15.4. The zero-order valence-corrected chi connectivity index (χ0v) is 19.1. The molecule has 1 aromatic rings. The Kier molecular flexibility index (Phi) is 6.53. The number of aryl methyl sites for hydroxylation is 1. The Morgan fingerprint density at radius 2 is 2.03 bits per heavy atom. The lowest BCUT2D eigenvalue weighted by atomic mass is 9.72. The fourth-order valence-electron chi connectivity index (χ4n) is 5.43. The first-order valence-electron chi connectivity index (χ1n) is 11.3. The molecule has 0 bridgehead atoms. The normalized spacial score (nSPS) is 23.8. The maximum atomic E-state index is 11.4.